The average Bonchev–Trinajstić information content (AvgIpc) is 2.67. The van der Waals surface area contributed by atoms with E-state index in [1.165, 1.54) is 18.2 Å². The number of benzene rings is 2. The van der Waals surface area contributed by atoms with Gasteiger partial charge in [-0.2, -0.15) is 0 Å². The van der Waals surface area contributed by atoms with Gasteiger partial charge in [0.25, 0.3) is 0 Å². The number of carbonyl (C=O) groups excluding carboxylic acids is 1. The lowest BCUT2D eigenvalue weighted by Gasteiger charge is -2.28. The largest absolute Gasteiger partial charge is 0.495 e. The molecule has 0 radical (unpaired) electrons. The van der Waals surface area contributed by atoms with E-state index in [1.807, 2.05) is 0 Å². The highest BCUT2D eigenvalue weighted by atomic mass is 35.5. The van der Waals surface area contributed by atoms with Gasteiger partial charge in [-0.15, -0.1) is 0 Å². The number of hydrogen-bond donors (Lipinski definition) is 1. The summed E-state index contributed by atoms with van der Waals surface area (Å²) >= 11 is 6.10. The molecule has 0 fully saturated rings. The molecule has 0 bridgehead atoms. The first-order chi connectivity index (χ1) is 12.6. The number of methoxy groups -OCH3 is 2. The van der Waals surface area contributed by atoms with Crippen LogP contribution in [0.4, 0.5) is 5.69 Å². The summed E-state index contributed by atoms with van der Waals surface area (Å²) in [4.78, 5) is 14.7. The molecular weight excluding hydrogens is 352 g/mol. The van der Waals surface area contributed by atoms with Crippen LogP contribution in [0.5, 0.6) is 11.5 Å². The third-order valence-corrected chi connectivity index (χ3v) is 4.91. The lowest BCUT2D eigenvalue weighted by atomic mass is 10.00. The number of nitrogens with zero attached hydrogens (tertiary/aromatic N) is 1. The summed E-state index contributed by atoms with van der Waals surface area (Å²) in [5, 5.41) is 3.33. The van der Waals surface area contributed by atoms with Gasteiger partial charge in [-0.25, -0.2) is 0 Å². The van der Waals surface area contributed by atoms with Crippen molar-refractivity contribution in [3.8, 4) is 11.5 Å². The first kappa shape index (κ1) is 18.5. The molecule has 0 atom stereocenters. The molecular formula is C20H23ClN2O3. The first-order valence-electron chi connectivity index (χ1n) is 8.61. The second-order valence-corrected chi connectivity index (χ2v) is 6.69. The smallest absolute Gasteiger partial charge is 0.225 e. The maximum Gasteiger partial charge on any atom is 0.225 e. The second kappa shape index (κ2) is 8.43. The normalized spacial score (nSPS) is 13.8. The van der Waals surface area contributed by atoms with Gasteiger partial charge in [0.15, 0.2) is 0 Å². The van der Waals surface area contributed by atoms with Gasteiger partial charge >= 0.3 is 0 Å². The molecule has 0 unspecified atom stereocenters. The van der Waals surface area contributed by atoms with Crippen molar-refractivity contribution in [2.75, 3.05) is 32.6 Å². The molecule has 6 heteroatoms. The van der Waals surface area contributed by atoms with Crippen molar-refractivity contribution in [2.45, 2.75) is 19.4 Å². The molecule has 138 valence electrons. The van der Waals surface area contributed by atoms with Crippen molar-refractivity contribution < 1.29 is 14.3 Å². The highest BCUT2D eigenvalue weighted by Crippen LogP contribution is 2.35. The molecule has 3 rings (SSSR count). The Morgan fingerprint density at radius 3 is 2.62 bits per heavy atom. The Morgan fingerprint density at radius 2 is 1.88 bits per heavy atom. The first-order valence-corrected chi connectivity index (χ1v) is 8.99. The summed E-state index contributed by atoms with van der Waals surface area (Å²) in [5.41, 5.74) is 3.32. The Bertz CT molecular complexity index is 795. The zero-order valence-electron chi connectivity index (χ0n) is 15.0. The number of fused-ring (bicyclic) bond motifs is 1. The van der Waals surface area contributed by atoms with Crippen LogP contribution < -0.4 is 14.8 Å². The highest BCUT2D eigenvalue weighted by molar-refractivity contribution is 6.32. The lowest BCUT2D eigenvalue weighted by molar-refractivity contribution is -0.116. The van der Waals surface area contributed by atoms with Gasteiger partial charge in [-0.05, 0) is 17.5 Å². The van der Waals surface area contributed by atoms with Crippen molar-refractivity contribution in [1.82, 2.24) is 4.90 Å². The molecule has 0 saturated carbocycles. The minimum Gasteiger partial charge on any atom is -0.495 e. The van der Waals surface area contributed by atoms with Gasteiger partial charge in [0.05, 0.1) is 24.9 Å². The zero-order chi connectivity index (χ0) is 18.5. The molecule has 0 spiro atoms. The third kappa shape index (κ3) is 4.29. The number of ether oxygens (including phenoxy) is 2. The molecule has 2 aromatic rings. The van der Waals surface area contributed by atoms with Gasteiger partial charge in [0.1, 0.15) is 11.5 Å². The van der Waals surface area contributed by atoms with E-state index in [4.69, 9.17) is 21.1 Å². The van der Waals surface area contributed by atoms with Crippen LogP contribution in [0.15, 0.2) is 36.4 Å². The van der Waals surface area contributed by atoms with E-state index in [0.29, 0.717) is 35.2 Å². The van der Waals surface area contributed by atoms with Crippen molar-refractivity contribution in [3.05, 3.63) is 52.5 Å². The summed E-state index contributed by atoms with van der Waals surface area (Å²) < 4.78 is 10.5. The summed E-state index contributed by atoms with van der Waals surface area (Å²) in [6.07, 6.45) is 1.44. The standard InChI is InChI=1S/C20H23ClN2O3/c1-25-18-12-17(19(26-2)11-16(18)21)22-20(24)8-10-23-9-7-14-5-3-4-6-15(14)13-23/h3-6,11-12H,7-10,13H2,1-2H3,(H,22,24). The predicted molar refractivity (Wildman–Crippen MR) is 103 cm³/mol. The van der Waals surface area contributed by atoms with Gasteiger partial charge < -0.3 is 14.8 Å². The fourth-order valence-electron chi connectivity index (χ4n) is 3.18. The monoisotopic (exact) mass is 374 g/mol. The second-order valence-electron chi connectivity index (χ2n) is 6.28. The molecule has 0 aliphatic carbocycles. The summed E-state index contributed by atoms with van der Waals surface area (Å²) in [5.74, 6) is 0.943. The van der Waals surface area contributed by atoms with E-state index in [0.717, 1.165) is 19.5 Å². The van der Waals surface area contributed by atoms with Gasteiger partial charge in [-0.3, -0.25) is 9.69 Å². The van der Waals surface area contributed by atoms with Crippen LogP contribution in [-0.4, -0.2) is 38.1 Å². The van der Waals surface area contributed by atoms with Crippen LogP contribution in [0.2, 0.25) is 5.02 Å². The van der Waals surface area contributed by atoms with Crippen LogP contribution in [0.25, 0.3) is 0 Å². The number of rotatable bonds is 6. The summed E-state index contributed by atoms with van der Waals surface area (Å²) in [7, 11) is 3.08. The van der Waals surface area contributed by atoms with Gasteiger partial charge in [0.2, 0.25) is 5.91 Å². The molecule has 26 heavy (non-hydrogen) atoms. The number of halogens is 1. The molecule has 2 aromatic carbocycles. The van der Waals surface area contributed by atoms with Crippen LogP contribution in [0.3, 0.4) is 0 Å². The van der Waals surface area contributed by atoms with Crippen molar-refractivity contribution in [1.29, 1.82) is 0 Å². The van der Waals surface area contributed by atoms with E-state index in [-0.39, 0.29) is 5.91 Å². The van der Waals surface area contributed by atoms with Crippen LogP contribution in [0, 0.1) is 0 Å². The Hall–Kier alpha value is -2.24. The zero-order valence-corrected chi connectivity index (χ0v) is 15.8. The molecule has 5 nitrogen and oxygen atoms in total. The number of amides is 1. The van der Waals surface area contributed by atoms with E-state index < -0.39 is 0 Å². The average molecular weight is 375 g/mol. The molecule has 1 heterocycles. The van der Waals surface area contributed by atoms with E-state index >= 15 is 0 Å². The number of anilines is 1. The Balaban J connectivity index is 1.58. The lowest BCUT2D eigenvalue weighted by Crippen LogP contribution is -2.33. The van der Waals surface area contributed by atoms with E-state index in [9.17, 15) is 4.79 Å². The molecule has 0 aromatic heterocycles. The van der Waals surface area contributed by atoms with Crippen molar-refractivity contribution in [2.24, 2.45) is 0 Å². The van der Waals surface area contributed by atoms with Crippen LogP contribution in [0.1, 0.15) is 17.5 Å². The minimum absolute atomic E-state index is 0.0634. The maximum atomic E-state index is 12.4. The predicted octanol–water partition coefficient (Wildman–Crippen LogP) is 3.74. The summed E-state index contributed by atoms with van der Waals surface area (Å²) in [6.45, 7) is 2.58. The Labute approximate surface area is 158 Å². The van der Waals surface area contributed by atoms with E-state index in [2.05, 4.69) is 34.5 Å². The van der Waals surface area contributed by atoms with Crippen molar-refractivity contribution in [3.63, 3.8) is 0 Å². The number of hydrogen-bond acceptors (Lipinski definition) is 4. The SMILES string of the molecule is COc1cc(NC(=O)CCN2CCc3ccccc3C2)c(OC)cc1Cl. The topological polar surface area (TPSA) is 50.8 Å². The molecule has 1 amide bonds. The third-order valence-electron chi connectivity index (χ3n) is 4.61. The quantitative estimate of drug-likeness (QED) is 0.836. The van der Waals surface area contributed by atoms with Gasteiger partial charge in [-0.1, -0.05) is 35.9 Å². The number of carbonyl (C=O) groups is 1. The van der Waals surface area contributed by atoms with Crippen molar-refractivity contribution >= 4 is 23.2 Å². The van der Waals surface area contributed by atoms with Crippen LogP contribution in [-0.2, 0) is 17.8 Å². The van der Waals surface area contributed by atoms with Crippen LogP contribution >= 0.6 is 11.6 Å². The Morgan fingerprint density at radius 1 is 1.15 bits per heavy atom. The van der Waals surface area contributed by atoms with Gasteiger partial charge in [0, 0.05) is 38.2 Å². The highest BCUT2D eigenvalue weighted by Gasteiger charge is 2.17. The number of nitrogens with one attached hydrogen (secondary N) is 1. The molecule has 1 aliphatic rings. The fraction of sp³-hybridized carbons (Fsp3) is 0.350. The maximum absolute atomic E-state index is 12.4. The fourth-order valence-corrected chi connectivity index (χ4v) is 3.41. The molecule has 1 N–H and O–H groups in total. The molecule has 0 saturated heterocycles. The Kier molecular flexibility index (Phi) is 6.01. The minimum atomic E-state index is -0.0634. The van der Waals surface area contributed by atoms with E-state index in [1.54, 1.807) is 19.2 Å². The molecule has 1 aliphatic heterocycles. The summed E-state index contributed by atoms with van der Waals surface area (Å²) in [6, 6.07) is 11.8.